The van der Waals surface area contributed by atoms with E-state index in [0.29, 0.717) is 6.04 Å². The zero-order valence-corrected chi connectivity index (χ0v) is 11.0. The highest BCUT2D eigenvalue weighted by Crippen LogP contribution is 2.20. The van der Waals surface area contributed by atoms with E-state index in [-0.39, 0.29) is 6.10 Å². The SMILES string of the molecule is Cn1nccc1CCC(O)C1CN2CCN1CC2. The molecule has 3 aliphatic rings. The molecule has 0 saturated carbocycles. The smallest absolute Gasteiger partial charge is 0.0711 e. The van der Waals surface area contributed by atoms with Crippen LogP contribution < -0.4 is 0 Å². The highest BCUT2D eigenvalue weighted by atomic mass is 16.3. The minimum absolute atomic E-state index is 0.219. The quantitative estimate of drug-likeness (QED) is 0.798. The lowest BCUT2D eigenvalue weighted by Gasteiger charge is -2.49. The van der Waals surface area contributed by atoms with Gasteiger partial charge in [0, 0.05) is 57.7 Å². The van der Waals surface area contributed by atoms with Crippen molar-refractivity contribution in [2.75, 3.05) is 32.7 Å². The Hall–Kier alpha value is -0.910. The standard InChI is InChI=1S/C13H22N4O/c1-15-11(4-5-14-15)2-3-13(18)12-10-16-6-8-17(12)9-7-16/h4-5,12-13,18H,2-3,6-10H2,1H3. The van der Waals surface area contributed by atoms with E-state index >= 15 is 0 Å². The molecular formula is C13H22N4O. The van der Waals surface area contributed by atoms with E-state index in [9.17, 15) is 5.11 Å². The molecule has 0 radical (unpaired) electrons. The normalized spacial score (nSPS) is 32.7. The van der Waals surface area contributed by atoms with Crippen molar-refractivity contribution < 1.29 is 5.11 Å². The zero-order valence-electron chi connectivity index (χ0n) is 11.0. The van der Waals surface area contributed by atoms with Gasteiger partial charge in [-0.1, -0.05) is 0 Å². The van der Waals surface area contributed by atoms with Crippen LogP contribution in [0.5, 0.6) is 0 Å². The van der Waals surface area contributed by atoms with Crippen molar-refractivity contribution in [3.63, 3.8) is 0 Å². The Morgan fingerprint density at radius 3 is 2.72 bits per heavy atom. The monoisotopic (exact) mass is 250 g/mol. The van der Waals surface area contributed by atoms with Gasteiger partial charge in [-0.05, 0) is 18.9 Å². The summed E-state index contributed by atoms with van der Waals surface area (Å²) in [5, 5.41) is 14.5. The van der Waals surface area contributed by atoms with E-state index in [1.165, 1.54) is 18.8 Å². The van der Waals surface area contributed by atoms with Crippen molar-refractivity contribution in [1.82, 2.24) is 19.6 Å². The van der Waals surface area contributed by atoms with Gasteiger partial charge in [0.2, 0.25) is 0 Å². The van der Waals surface area contributed by atoms with Crippen LogP contribution in [0.1, 0.15) is 12.1 Å². The van der Waals surface area contributed by atoms with Crippen LogP contribution >= 0.6 is 0 Å². The third-order valence-corrected chi connectivity index (χ3v) is 4.38. The lowest BCUT2D eigenvalue weighted by atomic mass is 9.98. The molecule has 3 saturated heterocycles. The summed E-state index contributed by atoms with van der Waals surface area (Å²) in [6, 6.07) is 2.37. The number of fused-ring (bicyclic) bond motifs is 3. The second-order valence-electron chi connectivity index (χ2n) is 5.46. The summed E-state index contributed by atoms with van der Waals surface area (Å²) in [5.74, 6) is 0. The van der Waals surface area contributed by atoms with Gasteiger partial charge in [-0.2, -0.15) is 5.10 Å². The van der Waals surface area contributed by atoms with E-state index in [2.05, 4.69) is 14.9 Å². The van der Waals surface area contributed by atoms with Crippen LogP contribution in [0.4, 0.5) is 0 Å². The largest absolute Gasteiger partial charge is 0.391 e. The van der Waals surface area contributed by atoms with Crippen molar-refractivity contribution >= 4 is 0 Å². The Morgan fingerprint density at radius 2 is 2.17 bits per heavy atom. The number of nitrogens with zero attached hydrogens (tertiary/aromatic N) is 4. The first-order chi connectivity index (χ1) is 8.74. The van der Waals surface area contributed by atoms with Gasteiger partial charge in [0.15, 0.2) is 0 Å². The molecule has 1 N–H and O–H groups in total. The summed E-state index contributed by atoms with van der Waals surface area (Å²) in [6.07, 6.45) is 3.33. The molecule has 5 nitrogen and oxygen atoms in total. The van der Waals surface area contributed by atoms with Crippen LogP contribution in [-0.2, 0) is 13.5 Å². The molecule has 4 rings (SSSR count). The molecule has 5 heteroatoms. The maximum Gasteiger partial charge on any atom is 0.0711 e. The van der Waals surface area contributed by atoms with Gasteiger partial charge >= 0.3 is 0 Å². The fourth-order valence-corrected chi connectivity index (χ4v) is 3.16. The highest BCUT2D eigenvalue weighted by molar-refractivity contribution is 5.01. The predicted molar refractivity (Wildman–Crippen MR) is 69.3 cm³/mol. The summed E-state index contributed by atoms with van der Waals surface area (Å²) < 4.78 is 1.89. The molecule has 0 aromatic carbocycles. The van der Waals surface area contributed by atoms with E-state index in [1.54, 1.807) is 0 Å². The molecule has 1 aromatic rings. The highest BCUT2D eigenvalue weighted by Gasteiger charge is 2.35. The maximum atomic E-state index is 10.4. The number of hydrogen-bond acceptors (Lipinski definition) is 4. The Morgan fingerprint density at radius 1 is 1.39 bits per heavy atom. The van der Waals surface area contributed by atoms with Crippen molar-refractivity contribution in [2.24, 2.45) is 7.05 Å². The number of aryl methyl sites for hydroxylation is 2. The molecule has 0 amide bonds. The minimum atomic E-state index is -0.219. The zero-order chi connectivity index (χ0) is 12.5. The van der Waals surface area contributed by atoms with Crippen LogP contribution in [0.15, 0.2) is 12.3 Å². The van der Waals surface area contributed by atoms with Crippen molar-refractivity contribution in [3.05, 3.63) is 18.0 Å². The molecule has 4 heterocycles. The Labute approximate surface area is 108 Å². The molecule has 0 spiro atoms. The first kappa shape index (κ1) is 12.1. The van der Waals surface area contributed by atoms with E-state index in [0.717, 1.165) is 32.5 Å². The van der Waals surface area contributed by atoms with Crippen molar-refractivity contribution in [3.8, 4) is 0 Å². The Bertz CT molecular complexity index is 397. The number of aliphatic hydroxyl groups excluding tert-OH is 1. The molecule has 3 aliphatic heterocycles. The van der Waals surface area contributed by atoms with Crippen LogP contribution in [0, 0.1) is 0 Å². The van der Waals surface area contributed by atoms with Gasteiger partial charge in [-0.3, -0.25) is 14.5 Å². The first-order valence-electron chi connectivity index (χ1n) is 6.85. The minimum Gasteiger partial charge on any atom is -0.391 e. The average molecular weight is 250 g/mol. The average Bonchev–Trinajstić information content (AvgIpc) is 2.83. The third-order valence-electron chi connectivity index (χ3n) is 4.38. The summed E-state index contributed by atoms with van der Waals surface area (Å²) in [4.78, 5) is 4.92. The molecule has 18 heavy (non-hydrogen) atoms. The lowest BCUT2D eigenvalue weighted by Crippen LogP contribution is -2.64. The van der Waals surface area contributed by atoms with Gasteiger partial charge < -0.3 is 5.11 Å². The maximum absolute atomic E-state index is 10.4. The molecular weight excluding hydrogens is 228 g/mol. The van der Waals surface area contributed by atoms with E-state index in [4.69, 9.17) is 0 Å². The van der Waals surface area contributed by atoms with Crippen molar-refractivity contribution in [1.29, 1.82) is 0 Å². The summed E-state index contributed by atoms with van der Waals surface area (Å²) in [6.45, 7) is 5.61. The molecule has 2 bridgehead atoms. The second-order valence-corrected chi connectivity index (χ2v) is 5.46. The number of piperazine rings is 3. The summed E-state index contributed by atoms with van der Waals surface area (Å²) >= 11 is 0. The van der Waals surface area contributed by atoms with Crippen LogP contribution in [-0.4, -0.2) is 69.6 Å². The topological polar surface area (TPSA) is 44.5 Å². The van der Waals surface area contributed by atoms with Crippen LogP contribution in [0.3, 0.4) is 0 Å². The number of aromatic nitrogens is 2. The van der Waals surface area contributed by atoms with Gasteiger partial charge in [-0.15, -0.1) is 0 Å². The lowest BCUT2D eigenvalue weighted by molar-refractivity contribution is -0.0479. The number of hydrogen-bond donors (Lipinski definition) is 1. The molecule has 2 atom stereocenters. The van der Waals surface area contributed by atoms with E-state index in [1.807, 2.05) is 24.0 Å². The Balaban J connectivity index is 1.55. The van der Waals surface area contributed by atoms with Crippen LogP contribution in [0.25, 0.3) is 0 Å². The van der Waals surface area contributed by atoms with E-state index < -0.39 is 0 Å². The summed E-state index contributed by atoms with van der Waals surface area (Å²) in [5.41, 5.74) is 1.20. The fourth-order valence-electron chi connectivity index (χ4n) is 3.16. The first-order valence-corrected chi connectivity index (χ1v) is 6.85. The Kier molecular flexibility index (Phi) is 3.37. The van der Waals surface area contributed by atoms with Crippen LogP contribution in [0.2, 0.25) is 0 Å². The third kappa shape index (κ3) is 2.30. The number of rotatable bonds is 4. The van der Waals surface area contributed by atoms with Gasteiger partial charge in [-0.25, -0.2) is 0 Å². The molecule has 100 valence electrons. The van der Waals surface area contributed by atoms with Gasteiger partial charge in [0.25, 0.3) is 0 Å². The molecule has 1 aromatic heterocycles. The molecule has 0 aliphatic carbocycles. The van der Waals surface area contributed by atoms with Gasteiger partial charge in [0.05, 0.1) is 6.10 Å². The molecule has 2 unspecified atom stereocenters. The second kappa shape index (κ2) is 4.99. The van der Waals surface area contributed by atoms with Gasteiger partial charge in [0.1, 0.15) is 0 Å². The predicted octanol–water partition coefficient (Wildman–Crippen LogP) is -0.287. The number of aliphatic hydroxyl groups is 1. The van der Waals surface area contributed by atoms with Crippen molar-refractivity contribution in [2.45, 2.75) is 25.0 Å². The fraction of sp³-hybridized carbons (Fsp3) is 0.769. The summed E-state index contributed by atoms with van der Waals surface area (Å²) in [7, 11) is 1.96. The molecule has 3 fully saturated rings.